The summed E-state index contributed by atoms with van der Waals surface area (Å²) < 4.78 is 18.6. The second-order valence-corrected chi connectivity index (χ2v) is 13.5. The van der Waals surface area contributed by atoms with Gasteiger partial charge in [-0.3, -0.25) is 4.57 Å². The smallest absolute Gasteiger partial charge is 0.320 e. The van der Waals surface area contributed by atoms with Gasteiger partial charge < -0.3 is 13.9 Å². The molecule has 210 valence electrons. The van der Waals surface area contributed by atoms with E-state index in [1.165, 1.54) is 103 Å². The molecule has 0 aromatic heterocycles. The van der Waals surface area contributed by atoms with Crippen LogP contribution >= 0.6 is 7.60 Å². The molecule has 2 unspecified atom stereocenters. The van der Waals surface area contributed by atoms with Crippen molar-refractivity contribution in [2.45, 2.75) is 154 Å². The Morgan fingerprint density at radius 1 is 0.657 bits per heavy atom. The van der Waals surface area contributed by atoms with Crippen molar-refractivity contribution in [1.29, 1.82) is 0 Å². The van der Waals surface area contributed by atoms with Gasteiger partial charge in [0.2, 0.25) is 0 Å². The van der Waals surface area contributed by atoms with E-state index in [0.29, 0.717) is 17.5 Å². The molecule has 0 aromatic carbocycles. The Balaban J connectivity index is 3.49. The Morgan fingerprint density at radius 3 is 1.46 bits per heavy atom. The molecule has 0 bridgehead atoms. The van der Waals surface area contributed by atoms with Crippen LogP contribution in [0.15, 0.2) is 12.2 Å². The third-order valence-electron chi connectivity index (χ3n) is 7.00. The number of quaternary nitrogens is 1. The summed E-state index contributed by atoms with van der Waals surface area (Å²) in [7, 11) is 2.32. The molecule has 0 saturated heterocycles. The normalized spacial score (nSPS) is 15.0. The number of nitrogens with zero attached hydrogens (tertiary/aromatic N) is 1. The van der Waals surface area contributed by atoms with Crippen LogP contribution in [0.5, 0.6) is 0 Å². The first-order valence-corrected chi connectivity index (χ1v) is 16.8. The van der Waals surface area contributed by atoms with Gasteiger partial charge in [0.25, 0.3) is 0 Å². The van der Waals surface area contributed by atoms with Gasteiger partial charge in [0.05, 0.1) is 27.7 Å². The zero-order valence-electron chi connectivity index (χ0n) is 24.4. The van der Waals surface area contributed by atoms with Crippen LogP contribution in [0.2, 0.25) is 0 Å². The molecule has 0 aromatic rings. The van der Waals surface area contributed by atoms with Crippen LogP contribution in [0.1, 0.15) is 149 Å². The number of rotatable bonds is 26. The van der Waals surface area contributed by atoms with E-state index in [-0.39, 0.29) is 5.78 Å². The van der Waals surface area contributed by atoms with Crippen molar-refractivity contribution < 1.29 is 18.5 Å². The summed E-state index contributed by atoms with van der Waals surface area (Å²) in [5, 5.41) is 0. The molecule has 0 amide bonds. The maximum atomic E-state index is 12.7. The largest absolute Gasteiger partial charge is 0.385 e. The van der Waals surface area contributed by atoms with Crippen LogP contribution < -0.4 is 0 Å². The van der Waals surface area contributed by atoms with Crippen LogP contribution in [0.4, 0.5) is 0 Å². The van der Waals surface area contributed by atoms with Crippen LogP contribution in [0.3, 0.4) is 0 Å². The van der Waals surface area contributed by atoms with E-state index in [1.54, 1.807) is 0 Å². The third kappa shape index (κ3) is 21.6. The quantitative estimate of drug-likeness (QED) is 0.0538. The summed E-state index contributed by atoms with van der Waals surface area (Å²) in [4.78, 5) is 10.4. The average Bonchev–Trinajstić information content (AvgIpc) is 2.80. The minimum atomic E-state index is -3.58. The summed E-state index contributed by atoms with van der Waals surface area (Å²) >= 11 is 0. The summed E-state index contributed by atoms with van der Waals surface area (Å²) in [5.41, 5.74) is 0. The third-order valence-corrected chi connectivity index (χ3v) is 9.26. The second-order valence-electron chi connectivity index (χ2n) is 11.5. The second kappa shape index (κ2) is 23.0. The van der Waals surface area contributed by atoms with Crippen molar-refractivity contribution in [3.63, 3.8) is 0 Å². The molecule has 0 heterocycles. The van der Waals surface area contributed by atoms with Gasteiger partial charge in [-0.1, -0.05) is 116 Å². The predicted octanol–water partition coefficient (Wildman–Crippen LogP) is 10.0. The van der Waals surface area contributed by atoms with Gasteiger partial charge in [-0.25, -0.2) is 0 Å². The van der Waals surface area contributed by atoms with Gasteiger partial charge in [0, 0.05) is 6.42 Å². The van der Waals surface area contributed by atoms with Crippen molar-refractivity contribution in [3.8, 4) is 0 Å². The SMILES string of the molecule is CCCCCCCCCCCCCCCCCC=CCCCCOP(=O)(O)C(CCC)[N+](C)(C)C. The van der Waals surface area contributed by atoms with Crippen molar-refractivity contribution >= 4 is 7.60 Å². The lowest BCUT2D eigenvalue weighted by molar-refractivity contribution is -0.883. The molecule has 0 saturated carbocycles. The minimum absolute atomic E-state index is 0.345. The van der Waals surface area contributed by atoms with Crippen LogP contribution in [0.25, 0.3) is 0 Å². The molecular weight excluding hydrogens is 453 g/mol. The Morgan fingerprint density at radius 2 is 1.06 bits per heavy atom. The Labute approximate surface area is 220 Å². The Bertz CT molecular complexity index is 530. The molecule has 2 atom stereocenters. The molecule has 0 spiro atoms. The highest BCUT2D eigenvalue weighted by atomic mass is 31.2. The minimum Gasteiger partial charge on any atom is -0.320 e. The summed E-state index contributed by atoms with van der Waals surface area (Å²) in [6.45, 7) is 4.71. The number of allylic oxidation sites excluding steroid dienone is 2. The first-order chi connectivity index (χ1) is 16.8. The lowest BCUT2D eigenvalue weighted by Crippen LogP contribution is -2.45. The highest BCUT2D eigenvalue weighted by Gasteiger charge is 2.41. The summed E-state index contributed by atoms with van der Waals surface area (Å²) in [6.07, 6.45) is 31.4. The highest BCUT2D eigenvalue weighted by molar-refractivity contribution is 7.53. The van der Waals surface area contributed by atoms with E-state index < -0.39 is 7.60 Å². The monoisotopic (exact) mass is 516 g/mol. The fraction of sp³-hybridized carbons (Fsp3) is 0.933. The maximum absolute atomic E-state index is 12.7. The molecule has 0 aliphatic carbocycles. The van der Waals surface area contributed by atoms with Gasteiger partial charge in [-0.05, 0) is 38.5 Å². The lowest BCUT2D eigenvalue weighted by atomic mass is 10.0. The maximum Gasteiger partial charge on any atom is 0.385 e. The van der Waals surface area contributed by atoms with Crippen molar-refractivity contribution in [2.75, 3.05) is 27.7 Å². The molecule has 0 aliphatic heterocycles. The molecule has 5 heteroatoms. The van der Waals surface area contributed by atoms with Crippen molar-refractivity contribution in [2.24, 2.45) is 0 Å². The molecule has 1 N–H and O–H groups in total. The molecule has 4 nitrogen and oxygen atoms in total. The lowest BCUT2D eigenvalue weighted by Gasteiger charge is -2.35. The molecule has 0 radical (unpaired) electrons. The summed E-state index contributed by atoms with van der Waals surface area (Å²) in [5.74, 6) is -0.345. The average molecular weight is 517 g/mol. The van der Waals surface area contributed by atoms with E-state index in [1.807, 2.05) is 28.1 Å². The van der Waals surface area contributed by atoms with Crippen molar-refractivity contribution in [3.05, 3.63) is 12.2 Å². The molecule has 0 aliphatic rings. The van der Waals surface area contributed by atoms with E-state index in [0.717, 1.165) is 25.7 Å². The number of hydrogen-bond acceptors (Lipinski definition) is 2. The highest BCUT2D eigenvalue weighted by Crippen LogP contribution is 2.51. The van der Waals surface area contributed by atoms with Gasteiger partial charge in [0.1, 0.15) is 0 Å². The number of unbranched alkanes of at least 4 members (excludes halogenated alkanes) is 17. The predicted molar refractivity (Wildman–Crippen MR) is 155 cm³/mol. The van der Waals surface area contributed by atoms with E-state index >= 15 is 0 Å². The molecule has 35 heavy (non-hydrogen) atoms. The van der Waals surface area contributed by atoms with Crippen LogP contribution in [-0.4, -0.2) is 42.9 Å². The van der Waals surface area contributed by atoms with Crippen LogP contribution in [-0.2, 0) is 9.09 Å². The standard InChI is InChI=1S/C30H62NO3P/c1-6-8-9-10-11-12-13-14-15-16-17-18-19-20-21-22-23-24-25-26-27-29-34-35(32,33)30(28-7-2)31(3,4)5/h23-24,30H,6-22,25-29H2,1-5H3/p+1. The first-order valence-electron chi connectivity index (χ1n) is 15.2. The van der Waals surface area contributed by atoms with Gasteiger partial charge >= 0.3 is 7.60 Å². The topological polar surface area (TPSA) is 46.5 Å². The Hall–Kier alpha value is -0.150. The zero-order valence-corrected chi connectivity index (χ0v) is 25.3. The van der Waals surface area contributed by atoms with Gasteiger partial charge in [0.15, 0.2) is 5.78 Å². The molecule has 0 rings (SSSR count). The van der Waals surface area contributed by atoms with E-state index in [4.69, 9.17) is 4.52 Å². The first kappa shape index (κ1) is 34.9. The zero-order chi connectivity index (χ0) is 26.3. The number of hydrogen-bond donors (Lipinski definition) is 1. The van der Waals surface area contributed by atoms with Gasteiger partial charge in [-0.15, -0.1) is 0 Å². The molecular formula is C30H63NO3P+. The van der Waals surface area contributed by atoms with Crippen LogP contribution in [0, 0.1) is 0 Å². The molecule has 0 fully saturated rings. The fourth-order valence-electron chi connectivity index (χ4n) is 4.76. The summed E-state index contributed by atoms with van der Waals surface area (Å²) in [6, 6.07) is 0. The van der Waals surface area contributed by atoms with E-state index in [2.05, 4.69) is 19.1 Å². The Kier molecular flexibility index (Phi) is 22.9. The van der Waals surface area contributed by atoms with Gasteiger partial charge in [-0.2, -0.15) is 0 Å². The fourth-order valence-corrected chi connectivity index (χ4v) is 6.78. The van der Waals surface area contributed by atoms with Crippen molar-refractivity contribution in [1.82, 2.24) is 0 Å². The van der Waals surface area contributed by atoms with E-state index in [9.17, 15) is 9.46 Å².